The van der Waals surface area contributed by atoms with Crippen LogP contribution in [0.4, 0.5) is 5.69 Å². The van der Waals surface area contributed by atoms with E-state index in [0.29, 0.717) is 12.3 Å². The number of aromatic nitrogens is 2. The number of rotatable bonds is 8. The van der Waals surface area contributed by atoms with Crippen molar-refractivity contribution in [1.29, 1.82) is 0 Å². The summed E-state index contributed by atoms with van der Waals surface area (Å²) < 4.78 is 1.16. The predicted octanol–water partition coefficient (Wildman–Crippen LogP) is -0.275. The second kappa shape index (κ2) is 7.36. The highest BCUT2D eigenvalue weighted by atomic mass is 32.2. The number of nitrogens with one attached hydrogen (secondary N) is 1. The molecule has 0 saturated heterocycles. The molecule has 0 aliphatic rings. The fraction of sp³-hybridized carbons (Fsp3) is 0.444. The molecule has 0 saturated carbocycles. The molecule has 0 aliphatic heterocycles. The van der Waals surface area contributed by atoms with Crippen LogP contribution in [0.2, 0.25) is 0 Å². The van der Waals surface area contributed by atoms with E-state index in [1.807, 2.05) is 0 Å². The lowest BCUT2D eigenvalue weighted by molar-refractivity contribution is -0.385. The number of carboxylic acids is 1. The molecule has 0 radical (unpaired) electrons. The van der Waals surface area contributed by atoms with Gasteiger partial charge in [-0.3, -0.25) is 24.4 Å². The Labute approximate surface area is 112 Å². The van der Waals surface area contributed by atoms with E-state index in [1.54, 1.807) is 0 Å². The Bertz CT molecular complexity index is 475. The molecule has 1 aromatic heterocycles. The van der Waals surface area contributed by atoms with Crippen molar-refractivity contribution in [1.82, 2.24) is 15.1 Å². The average Bonchev–Trinajstić information content (AvgIpc) is 2.76. The molecule has 0 unspecified atom stereocenters. The molecule has 0 fully saturated rings. The maximum Gasteiger partial charge on any atom is 0.313 e. The van der Waals surface area contributed by atoms with Crippen molar-refractivity contribution in [2.45, 2.75) is 6.54 Å². The van der Waals surface area contributed by atoms with Gasteiger partial charge in [0.25, 0.3) is 0 Å². The normalized spacial score (nSPS) is 10.1. The van der Waals surface area contributed by atoms with E-state index in [9.17, 15) is 19.7 Å². The van der Waals surface area contributed by atoms with E-state index in [4.69, 9.17) is 5.11 Å². The van der Waals surface area contributed by atoms with Gasteiger partial charge >= 0.3 is 11.7 Å². The minimum atomic E-state index is -0.903. The summed E-state index contributed by atoms with van der Waals surface area (Å²) in [5, 5.41) is 25.0. The zero-order chi connectivity index (χ0) is 14.3. The van der Waals surface area contributed by atoms with Gasteiger partial charge in [0.1, 0.15) is 18.9 Å². The van der Waals surface area contributed by atoms with Gasteiger partial charge in [-0.05, 0) is 0 Å². The molecule has 2 N–H and O–H groups in total. The molecular weight excluding hydrogens is 276 g/mol. The van der Waals surface area contributed by atoms with Crippen LogP contribution in [0.3, 0.4) is 0 Å². The summed E-state index contributed by atoms with van der Waals surface area (Å²) in [6, 6.07) is 0. The summed E-state index contributed by atoms with van der Waals surface area (Å²) in [5.74, 6) is -0.771. The molecule has 10 heteroatoms. The van der Waals surface area contributed by atoms with Crippen molar-refractivity contribution >= 4 is 29.3 Å². The first kappa shape index (κ1) is 15.0. The smallest absolute Gasteiger partial charge is 0.313 e. The molecule has 1 heterocycles. The third-order valence-electron chi connectivity index (χ3n) is 1.93. The van der Waals surface area contributed by atoms with Crippen LogP contribution in [0.25, 0.3) is 0 Å². The molecule has 9 nitrogen and oxygen atoms in total. The molecule has 1 rings (SSSR count). The first-order chi connectivity index (χ1) is 8.99. The number of hydrogen-bond acceptors (Lipinski definition) is 6. The van der Waals surface area contributed by atoms with Crippen LogP contribution in [-0.4, -0.2) is 49.7 Å². The predicted molar refractivity (Wildman–Crippen MR) is 66.9 cm³/mol. The van der Waals surface area contributed by atoms with Crippen LogP contribution in [0.1, 0.15) is 0 Å². The number of aliphatic carboxylic acids is 1. The fourth-order valence-corrected chi connectivity index (χ4v) is 1.72. The van der Waals surface area contributed by atoms with Crippen LogP contribution in [0.15, 0.2) is 12.4 Å². The molecule has 0 atom stereocenters. The molecular formula is C9H12N4O5S. The highest BCUT2D eigenvalue weighted by Crippen LogP contribution is 2.07. The lowest BCUT2D eigenvalue weighted by atomic mass is 10.5. The number of nitro groups is 1. The largest absolute Gasteiger partial charge is 0.481 e. The van der Waals surface area contributed by atoms with Gasteiger partial charge in [-0.15, -0.1) is 11.8 Å². The second-order valence-corrected chi connectivity index (χ2v) is 4.55. The molecule has 0 bridgehead atoms. The maximum absolute atomic E-state index is 11.4. The van der Waals surface area contributed by atoms with Crippen molar-refractivity contribution in [2.75, 3.05) is 18.1 Å². The molecule has 19 heavy (non-hydrogen) atoms. The number of carbonyl (C=O) groups is 2. The standard InChI is InChI=1S/C9H12N4O5S/c14-8(10-1-2-19-6-9(15)16)5-12-4-7(3-11-12)13(17)18/h3-4H,1-2,5-6H2,(H,10,14)(H,15,16). The van der Waals surface area contributed by atoms with Gasteiger partial charge in [-0.25, -0.2) is 0 Å². The monoisotopic (exact) mass is 288 g/mol. The Morgan fingerprint density at radius 3 is 2.89 bits per heavy atom. The number of thioether (sulfide) groups is 1. The summed E-state index contributed by atoms with van der Waals surface area (Å²) >= 11 is 1.19. The van der Waals surface area contributed by atoms with Gasteiger partial charge in [0, 0.05) is 12.3 Å². The maximum atomic E-state index is 11.4. The molecule has 0 spiro atoms. The summed E-state index contributed by atoms with van der Waals surface area (Å²) in [4.78, 5) is 31.4. The summed E-state index contributed by atoms with van der Waals surface area (Å²) in [5.41, 5.74) is -0.176. The number of amides is 1. The zero-order valence-corrected chi connectivity index (χ0v) is 10.6. The van der Waals surface area contributed by atoms with E-state index in [2.05, 4.69) is 10.4 Å². The van der Waals surface area contributed by atoms with E-state index in [-0.39, 0.29) is 23.9 Å². The van der Waals surface area contributed by atoms with Gasteiger partial charge < -0.3 is 10.4 Å². The Morgan fingerprint density at radius 2 is 2.32 bits per heavy atom. The first-order valence-electron chi connectivity index (χ1n) is 5.22. The van der Waals surface area contributed by atoms with E-state index < -0.39 is 10.9 Å². The number of nitrogens with zero attached hydrogens (tertiary/aromatic N) is 3. The number of carboxylic acid groups (broad SMARTS) is 1. The molecule has 1 aromatic rings. The highest BCUT2D eigenvalue weighted by molar-refractivity contribution is 7.99. The van der Waals surface area contributed by atoms with Crippen molar-refractivity contribution < 1.29 is 19.6 Å². The van der Waals surface area contributed by atoms with Crippen LogP contribution in [-0.2, 0) is 16.1 Å². The van der Waals surface area contributed by atoms with E-state index in [1.165, 1.54) is 18.0 Å². The lowest BCUT2D eigenvalue weighted by Crippen LogP contribution is -2.29. The Hall–Kier alpha value is -2.10. The third-order valence-corrected chi connectivity index (χ3v) is 2.87. The van der Waals surface area contributed by atoms with Gasteiger partial charge in [0.2, 0.25) is 5.91 Å². The van der Waals surface area contributed by atoms with E-state index in [0.717, 1.165) is 10.9 Å². The van der Waals surface area contributed by atoms with Crippen LogP contribution in [0, 0.1) is 10.1 Å². The average molecular weight is 288 g/mol. The second-order valence-electron chi connectivity index (χ2n) is 3.45. The molecule has 104 valence electrons. The zero-order valence-electron chi connectivity index (χ0n) is 9.81. The summed E-state index contributed by atoms with van der Waals surface area (Å²) in [6.45, 7) is 0.220. The fourth-order valence-electron chi connectivity index (χ4n) is 1.16. The number of hydrogen-bond donors (Lipinski definition) is 2. The molecule has 1 amide bonds. The SMILES string of the molecule is O=C(O)CSCCNC(=O)Cn1cc([N+](=O)[O-])cn1. The third kappa shape index (κ3) is 5.86. The molecule has 0 aliphatic carbocycles. The Kier molecular flexibility index (Phi) is 5.79. The van der Waals surface area contributed by atoms with Crippen molar-refractivity contribution in [3.05, 3.63) is 22.5 Å². The van der Waals surface area contributed by atoms with Gasteiger partial charge in [-0.1, -0.05) is 0 Å². The van der Waals surface area contributed by atoms with Gasteiger partial charge in [-0.2, -0.15) is 5.10 Å². The summed E-state index contributed by atoms with van der Waals surface area (Å²) in [7, 11) is 0. The number of carbonyl (C=O) groups excluding carboxylic acids is 1. The van der Waals surface area contributed by atoms with Crippen molar-refractivity contribution in [3.8, 4) is 0 Å². The summed E-state index contributed by atoms with van der Waals surface area (Å²) in [6.07, 6.45) is 2.23. The molecule has 0 aromatic carbocycles. The van der Waals surface area contributed by atoms with Crippen molar-refractivity contribution in [2.24, 2.45) is 0 Å². The quantitative estimate of drug-likeness (QED) is 0.382. The van der Waals surface area contributed by atoms with Crippen LogP contribution in [0.5, 0.6) is 0 Å². The minimum absolute atomic E-state index is 0.0127. The van der Waals surface area contributed by atoms with Crippen LogP contribution >= 0.6 is 11.8 Å². The van der Waals surface area contributed by atoms with E-state index >= 15 is 0 Å². The lowest BCUT2D eigenvalue weighted by Gasteiger charge is -2.04. The minimum Gasteiger partial charge on any atom is -0.481 e. The van der Waals surface area contributed by atoms with Gasteiger partial charge in [0.15, 0.2) is 0 Å². The first-order valence-corrected chi connectivity index (χ1v) is 6.37. The topological polar surface area (TPSA) is 127 Å². The van der Waals surface area contributed by atoms with Crippen LogP contribution < -0.4 is 5.32 Å². The highest BCUT2D eigenvalue weighted by Gasteiger charge is 2.10. The Morgan fingerprint density at radius 1 is 1.58 bits per heavy atom. The van der Waals surface area contributed by atoms with Gasteiger partial charge in [0.05, 0.1) is 10.7 Å². The Balaban J connectivity index is 2.23. The van der Waals surface area contributed by atoms with Crippen molar-refractivity contribution in [3.63, 3.8) is 0 Å².